The summed E-state index contributed by atoms with van der Waals surface area (Å²) in [5.74, 6) is 3.17. The summed E-state index contributed by atoms with van der Waals surface area (Å²) in [5, 5.41) is 0. The molecular weight excluding hydrogens is 344 g/mol. The lowest BCUT2D eigenvalue weighted by Gasteiger charge is -2.47. The number of carbonyl (C=O) groups is 1. The first-order valence-corrected chi connectivity index (χ1v) is 11.1. The molecule has 0 bridgehead atoms. The topological polar surface area (TPSA) is 52.2 Å². The van der Waals surface area contributed by atoms with Crippen molar-refractivity contribution < 1.29 is 4.79 Å². The van der Waals surface area contributed by atoms with E-state index in [2.05, 4.69) is 33.2 Å². The van der Waals surface area contributed by atoms with Crippen LogP contribution in [0.4, 0.5) is 0 Å². The zero-order valence-corrected chi connectivity index (χ0v) is 16.3. The zero-order chi connectivity index (χ0) is 17.9. The second-order valence-electron chi connectivity index (χ2n) is 7.52. The average molecular weight is 373 g/mol. The molecule has 0 spiro atoms. The Balaban J connectivity index is 1.38. The summed E-state index contributed by atoms with van der Waals surface area (Å²) < 4.78 is 0. The number of aromatic nitrogens is 2. The van der Waals surface area contributed by atoms with Crippen LogP contribution in [-0.4, -0.2) is 63.4 Å². The molecule has 26 heavy (non-hydrogen) atoms. The maximum Gasteiger partial charge on any atom is 0.222 e. The molecular formula is C20H28N4OS. The maximum atomic E-state index is 12.4. The highest BCUT2D eigenvalue weighted by Gasteiger charge is 2.38. The SMILES string of the molecule is CSCCCN1C(=O)CC[C@H]2CN(Cc3nc4ccccc4[nH]3)CC[C@H]21. The lowest BCUT2D eigenvalue weighted by molar-refractivity contribution is -0.141. The zero-order valence-electron chi connectivity index (χ0n) is 15.5. The molecule has 0 aliphatic carbocycles. The standard InChI is InChI=1S/C20H28N4OS/c1-26-12-4-10-24-18-9-11-23(13-15(18)7-8-20(24)25)14-19-21-16-5-2-3-6-17(16)22-19/h2-3,5-6,15,18H,4,7-14H2,1H3,(H,21,22)/t15-,18+/m0/s1. The molecule has 4 rings (SSSR count). The molecule has 2 saturated heterocycles. The third-order valence-corrected chi connectivity index (χ3v) is 6.48. The number of likely N-dealkylation sites (tertiary alicyclic amines) is 2. The summed E-state index contributed by atoms with van der Waals surface area (Å²) in [6.07, 6.45) is 6.10. The van der Waals surface area contributed by atoms with Crippen LogP contribution >= 0.6 is 11.8 Å². The Bertz CT molecular complexity index is 728. The summed E-state index contributed by atoms with van der Waals surface area (Å²) >= 11 is 1.87. The van der Waals surface area contributed by atoms with Gasteiger partial charge in [-0.2, -0.15) is 11.8 Å². The van der Waals surface area contributed by atoms with Gasteiger partial charge in [-0.25, -0.2) is 4.98 Å². The van der Waals surface area contributed by atoms with Crippen molar-refractivity contribution in [3.8, 4) is 0 Å². The van der Waals surface area contributed by atoms with Gasteiger partial charge in [0.05, 0.1) is 17.6 Å². The number of piperidine rings is 2. The molecule has 2 atom stereocenters. The summed E-state index contributed by atoms with van der Waals surface area (Å²) in [6, 6.07) is 8.66. The van der Waals surface area contributed by atoms with Gasteiger partial charge in [-0.05, 0) is 49.3 Å². The van der Waals surface area contributed by atoms with Gasteiger partial charge in [0.25, 0.3) is 0 Å². The van der Waals surface area contributed by atoms with Gasteiger partial charge in [-0.1, -0.05) is 12.1 Å². The van der Waals surface area contributed by atoms with Crippen LogP contribution in [0, 0.1) is 5.92 Å². The van der Waals surface area contributed by atoms with Crippen molar-refractivity contribution in [3.05, 3.63) is 30.1 Å². The van der Waals surface area contributed by atoms with Gasteiger partial charge >= 0.3 is 0 Å². The molecule has 2 aliphatic rings. The lowest BCUT2D eigenvalue weighted by Crippen LogP contribution is -2.56. The number of rotatable bonds is 6. The Morgan fingerprint density at radius 3 is 3.04 bits per heavy atom. The van der Waals surface area contributed by atoms with Crippen LogP contribution in [0.3, 0.4) is 0 Å². The normalized spacial score (nSPS) is 24.2. The number of amides is 1. The molecule has 1 aromatic heterocycles. The summed E-state index contributed by atoms with van der Waals surface area (Å²) in [4.78, 5) is 25.3. The Hall–Kier alpha value is -1.53. The number of H-pyrrole nitrogens is 1. The Labute approximate surface area is 159 Å². The van der Waals surface area contributed by atoms with Crippen molar-refractivity contribution in [2.45, 2.75) is 38.3 Å². The third-order valence-electron chi connectivity index (χ3n) is 5.79. The fraction of sp³-hybridized carbons (Fsp3) is 0.600. The van der Waals surface area contributed by atoms with Crippen molar-refractivity contribution in [1.29, 1.82) is 0 Å². The fourth-order valence-electron chi connectivity index (χ4n) is 4.53. The van der Waals surface area contributed by atoms with Crippen molar-refractivity contribution in [1.82, 2.24) is 19.8 Å². The molecule has 0 saturated carbocycles. The van der Waals surface area contributed by atoms with Crippen LogP contribution in [0.2, 0.25) is 0 Å². The number of thioether (sulfide) groups is 1. The lowest BCUT2D eigenvalue weighted by atomic mass is 9.83. The first-order valence-electron chi connectivity index (χ1n) is 9.69. The molecule has 1 N–H and O–H groups in total. The van der Waals surface area contributed by atoms with Crippen molar-refractivity contribution >= 4 is 28.7 Å². The fourth-order valence-corrected chi connectivity index (χ4v) is 4.95. The number of nitrogens with zero attached hydrogens (tertiary/aromatic N) is 3. The number of aromatic amines is 1. The van der Waals surface area contributed by atoms with Crippen LogP contribution in [0.5, 0.6) is 0 Å². The number of fused-ring (bicyclic) bond motifs is 2. The maximum absolute atomic E-state index is 12.4. The molecule has 1 amide bonds. The van der Waals surface area contributed by atoms with E-state index in [1.54, 1.807) is 0 Å². The number of para-hydroxylation sites is 2. The number of benzene rings is 1. The Kier molecular flexibility index (Phi) is 5.50. The number of hydrogen-bond donors (Lipinski definition) is 1. The largest absolute Gasteiger partial charge is 0.341 e. The van der Waals surface area contributed by atoms with Crippen molar-refractivity contribution in [2.24, 2.45) is 5.92 Å². The third kappa shape index (κ3) is 3.76. The van der Waals surface area contributed by atoms with Crippen LogP contribution in [0.1, 0.15) is 31.5 Å². The summed E-state index contributed by atoms with van der Waals surface area (Å²) in [5.41, 5.74) is 2.15. The molecule has 140 valence electrons. The van der Waals surface area contributed by atoms with E-state index < -0.39 is 0 Å². The van der Waals surface area contributed by atoms with Gasteiger partial charge in [0, 0.05) is 32.1 Å². The first kappa shape index (κ1) is 17.9. The van der Waals surface area contributed by atoms with Gasteiger partial charge in [-0.15, -0.1) is 0 Å². The molecule has 6 heteroatoms. The molecule has 2 aliphatic heterocycles. The summed E-state index contributed by atoms with van der Waals surface area (Å²) in [6.45, 7) is 3.93. The van der Waals surface area contributed by atoms with E-state index in [0.717, 1.165) is 74.5 Å². The molecule has 0 radical (unpaired) electrons. The van der Waals surface area contributed by atoms with Gasteiger partial charge < -0.3 is 9.88 Å². The minimum absolute atomic E-state index is 0.373. The van der Waals surface area contributed by atoms with Gasteiger partial charge in [-0.3, -0.25) is 9.69 Å². The predicted molar refractivity (Wildman–Crippen MR) is 107 cm³/mol. The highest BCUT2D eigenvalue weighted by molar-refractivity contribution is 7.98. The van der Waals surface area contributed by atoms with E-state index in [4.69, 9.17) is 4.98 Å². The number of imidazole rings is 1. The van der Waals surface area contributed by atoms with Crippen LogP contribution < -0.4 is 0 Å². The van der Waals surface area contributed by atoms with E-state index in [9.17, 15) is 4.79 Å². The summed E-state index contributed by atoms with van der Waals surface area (Å²) in [7, 11) is 0. The quantitative estimate of drug-likeness (QED) is 0.792. The smallest absolute Gasteiger partial charge is 0.222 e. The van der Waals surface area contributed by atoms with E-state index in [1.807, 2.05) is 23.9 Å². The molecule has 0 unspecified atom stereocenters. The molecule has 3 heterocycles. The molecule has 2 aromatic rings. The Morgan fingerprint density at radius 1 is 1.31 bits per heavy atom. The second-order valence-corrected chi connectivity index (χ2v) is 8.51. The van der Waals surface area contributed by atoms with Crippen LogP contribution in [0.25, 0.3) is 11.0 Å². The van der Waals surface area contributed by atoms with E-state index in [1.165, 1.54) is 0 Å². The highest BCUT2D eigenvalue weighted by Crippen LogP contribution is 2.32. The highest BCUT2D eigenvalue weighted by atomic mass is 32.2. The molecule has 1 aromatic carbocycles. The van der Waals surface area contributed by atoms with Gasteiger partial charge in [0.15, 0.2) is 0 Å². The van der Waals surface area contributed by atoms with Crippen molar-refractivity contribution in [2.75, 3.05) is 31.6 Å². The van der Waals surface area contributed by atoms with Crippen molar-refractivity contribution in [3.63, 3.8) is 0 Å². The van der Waals surface area contributed by atoms with E-state index in [0.29, 0.717) is 17.9 Å². The predicted octanol–water partition coefficient (Wildman–Crippen LogP) is 3.13. The van der Waals surface area contributed by atoms with Gasteiger partial charge in [0.1, 0.15) is 5.82 Å². The minimum atomic E-state index is 0.373. The number of hydrogen-bond acceptors (Lipinski definition) is 4. The van der Waals surface area contributed by atoms with Gasteiger partial charge in [0.2, 0.25) is 5.91 Å². The molecule has 2 fully saturated rings. The number of nitrogens with one attached hydrogen (secondary N) is 1. The Morgan fingerprint density at radius 2 is 2.19 bits per heavy atom. The second kappa shape index (κ2) is 8.01. The first-order chi connectivity index (χ1) is 12.7. The minimum Gasteiger partial charge on any atom is -0.341 e. The van der Waals surface area contributed by atoms with E-state index >= 15 is 0 Å². The average Bonchev–Trinajstić information content (AvgIpc) is 3.06. The number of carbonyl (C=O) groups excluding carboxylic acids is 1. The van der Waals surface area contributed by atoms with E-state index in [-0.39, 0.29) is 0 Å². The van der Waals surface area contributed by atoms with Crippen LogP contribution in [0.15, 0.2) is 24.3 Å². The monoisotopic (exact) mass is 372 g/mol. The molecule has 5 nitrogen and oxygen atoms in total. The van der Waals surface area contributed by atoms with Crippen LogP contribution in [-0.2, 0) is 11.3 Å².